The monoisotopic (exact) mass is 377 g/mol. The van der Waals surface area contributed by atoms with E-state index in [0.717, 1.165) is 27.1 Å². The van der Waals surface area contributed by atoms with Crippen molar-refractivity contribution < 1.29 is 9.90 Å². The zero-order valence-electron chi connectivity index (χ0n) is 15.0. The summed E-state index contributed by atoms with van der Waals surface area (Å²) in [6.45, 7) is 6.17. The van der Waals surface area contributed by atoms with Crippen LogP contribution in [0.2, 0.25) is 5.02 Å². The first-order chi connectivity index (χ1) is 11.8. The predicted molar refractivity (Wildman–Crippen MR) is 106 cm³/mol. The third-order valence-electron chi connectivity index (χ3n) is 4.14. The molecule has 0 fully saturated rings. The van der Waals surface area contributed by atoms with Crippen molar-refractivity contribution in [3.63, 3.8) is 0 Å². The maximum absolute atomic E-state index is 11.4. The Kier molecular flexibility index (Phi) is 6.79. The number of thioether (sulfide) groups is 1. The highest BCUT2D eigenvalue weighted by atomic mass is 35.5. The molecule has 2 aromatic carbocycles. The van der Waals surface area contributed by atoms with Gasteiger partial charge in [0.1, 0.15) is 5.75 Å². The lowest BCUT2D eigenvalue weighted by Gasteiger charge is -2.14. The standard InChI is InChI=1S/C20H24ClNO2S/c1-12(2)16-8-14(5-6-19(16)23)9-17-13(3)7-15(10-18(17)21)25-11-20(24)22-4/h5-8,10,12,23H,9,11H2,1-4H3,(H,22,24). The summed E-state index contributed by atoms with van der Waals surface area (Å²) in [6.07, 6.45) is 0.713. The third-order valence-corrected chi connectivity index (χ3v) is 5.45. The van der Waals surface area contributed by atoms with Crippen LogP contribution in [0.1, 0.15) is 42.0 Å². The van der Waals surface area contributed by atoms with Crippen molar-refractivity contribution in [2.75, 3.05) is 12.8 Å². The van der Waals surface area contributed by atoms with Crippen LogP contribution in [0.4, 0.5) is 0 Å². The first kappa shape index (κ1) is 19.7. The second-order valence-electron chi connectivity index (χ2n) is 6.39. The SMILES string of the molecule is CNC(=O)CSc1cc(C)c(Cc2ccc(O)c(C(C)C)c2)c(Cl)c1. The molecule has 25 heavy (non-hydrogen) atoms. The lowest BCUT2D eigenvalue weighted by molar-refractivity contribution is -0.118. The van der Waals surface area contributed by atoms with E-state index in [9.17, 15) is 9.90 Å². The zero-order chi connectivity index (χ0) is 18.6. The Balaban J connectivity index is 2.23. The topological polar surface area (TPSA) is 49.3 Å². The molecule has 5 heteroatoms. The molecule has 2 aromatic rings. The van der Waals surface area contributed by atoms with Gasteiger partial charge in [-0.25, -0.2) is 0 Å². The van der Waals surface area contributed by atoms with Gasteiger partial charge in [-0.2, -0.15) is 0 Å². The van der Waals surface area contributed by atoms with Crippen molar-refractivity contribution in [2.24, 2.45) is 0 Å². The van der Waals surface area contributed by atoms with Crippen molar-refractivity contribution in [3.05, 3.63) is 57.6 Å². The summed E-state index contributed by atoms with van der Waals surface area (Å²) in [6, 6.07) is 9.72. The molecule has 2 rings (SSSR count). The molecule has 134 valence electrons. The lowest BCUT2D eigenvalue weighted by Crippen LogP contribution is -2.19. The number of carbonyl (C=O) groups excluding carboxylic acids is 1. The molecule has 1 amide bonds. The maximum atomic E-state index is 11.4. The molecule has 0 aromatic heterocycles. The van der Waals surface area contributed by atoms with Crippen LogP contribution in [0.3, 0.4) is 0 Å². The highest BCUT2D eigenvalue weighted by Crippen LogP contribution is 2.32. The van der Waals surface area contributed by atoms with Crippen molar-refractivity contribution in [3.8, 4) is 5.75 Å². The maximum Gasteiger partial charge on any atom is 0.230 e. The molecular weight excluding hydrogens is 354 g/mol. The van der Waals surface area contributed by atoms with Gasteiger partial charge in [0.25, 0.3) is 0 Å². The summed E-state index contributed by atoms with van der Waals surface area (Å²) < 4.78 is 0. The first-order valence-corrected chi connectivity index (χ1v) is 9.62. The van der Waals surface area contributed by atoms with Gasteiger partial charge in [-0.15, -0.1) is 11.8 Å². The van der Waals surface area contributed by atoms with E-state index >= 15 is 0 Å². The van der Waals surface area contributed by atoms with Crippen molar-refractivity contribution in [1.29, 1.82) is 0 Å². The van der Waals surface area contributed by atoms with Crippen molar-refractivity contribution in [1.82, 2.24) is 5.32 Å². The minimum atomic E-state index is -0.00633. The Morgan fingerprint density at radius 2 is 2.00 bits per heavy atom. The molecule has 3 nitrogen and oxygen atoms in total. The van der Waals surface area contributed by atoms with Gasteiger partial charge in [0, 0.05) is 17.0 Å². The fraction of sp³-hybridized carbons (Fsp3) is 0.350. The normalized spacial score (nSPS) is 11.0. The van der Waals surface area contributed by atoms with Crippen LogP contribution < -0.4 is 5.32 Å². The van der Waals surface area contributed by atoms with Crippen LogP contribution in [-0.4, -0.2) is 23.8 Å². The van der Waals surface area contributed by atoms with Crippen LogP contribution in [0.25, 0.3) is 0 Å². The number of benzene rings is 2. The first-order valence-electron chi connectivity index (χ1n) is 8.26. The van der Waals surface area contributed by atoms with E-state index in [-0.39, 0.29) is 11.8 Å². The third kappa shape index (κ3) is 5.16. The van der Waals surface area contributed by atoms with E-state index in [2.05, 4.69) is 25.2 Å². The van der Waals surface area contributed by atoms with E-state index in [1.54, 1.807) is 13.1 Å². The number of aromatic hydroxyl groups is 1. The molecule has 0 spiro atoms. The van der Waals surface area contributed by atoms with Crippen LogP contribution in [0, 0.1) is 6.92 Å². The van der Waals surface area contributed by atoms with Crippen LogP contribution in [-0.2, 0) is 11.2 Å². The average Bonchev–Trinajstić information content (AvgIpc) is 2.57. The van der Waals surface area contributed by atoms with E-state index in [4.69, 9.17) is 11.6 Å². The molecule has 0 saturated heterocycles. The van der Waals surface area contributed by atoms with Gasteiger partial charge in [-0.1, -0.05) is 37.6 Å². The number of aryl methyl sites for hydroxylation is 1. The smallest absolute Gasteiger partial charge is 0.230 e. The Hall–Kier alpha value is -1.65. The molecule has 0 aliphatic heterocycles. The number of hydrogen-bond acceptors (Lipinski definition) is 3. The van der Waals surface area contributed by atoms with Gasteiger partial charge in [-0.3, -0.25) is 4.79 Å². The number of hydrogen-bond donors (Lipinski definition) is 2. The number of carbonyl (C=O) groups is 1. The Bertz CT molecular complexity index is 751. The molecule has 0 saturated carbocycles. The number of phenols is 1. The number of nitrogens with one attached hydrogen (secondary N) is 1. The van der Waals surface area contributed by atoms with E-state index < -0.39 is 0 Å². The molecule has 0 bridgehead atoms. The summed E-state index contributed by atoms with van der Waals surface area (Å²) in [5.74, 6) is 0.970. The number of phenolic OH excluding ortho intramolecular Hbond substituents is 1. The lowest BCUT2D eigenvalue weighted by atomic mass is 9.95. The molecule has 0 aliphatic carbocycles. The number of amides is 1. The van der Waals surface area contributed by atoms with Gasteiger partial charge in [0.05, 0.1) is 5.75 Å². The minimum Gasteiger partial charge on any atom is -0.508 e. The molecule has 0 radical (unpaired) electrons. The Morgan fingerprint density at radius 3 is 2.60 bits per heavy atom. The van der Waals surface area contributed by atoms with Gasteiger partial charge in [0.2, 0.25) is 5.91 Å². The van der Waals surface area contributed by atoms with Gasteiger partial charge >= 0.3 is 0 Å². The highest BCUT2D eigenvalue weighted by molar-refractivity contribution is 8.00. The Labute approximate surface area is 158 Å². The van der Waals surface area contributed by atoms with E-state index in [1.165, 1.54) is 11.8 Å². The Morgan fingerprint density at radius 1 is 1.28 bits per heavy atom. The van der Waals surface area contributed by atoms with Crippen LogP contribution in [0.15, 0.2) is 35.2 Å². The van der Waals surface area contributed by atoms with Gasteiger partial charge in [0.15, 0.2) is 0 Å². The van der Waals surface area contributed by atoms with E-state index in [1.807, 2.05) is 25.1 Å². The fourth-order valence-corrected chi connectivity index (χ4v) is 3.95. The second kappa shape index (κ2) is 8.63. The number of halogens is 1. The predicted octanol–water partition coefficient (Wildman–Crippen LogP) is 4.91. The second-order valence-corrected chi connectivity index (χ2v) is 7.84. The molecule has 0 aliphatic rings. The summed E-state index contributed by atoms with van der Waals surface area (Å²) in [5.41, 5.74) is 4.25. The molecule has 0 atom stereocenters. The van der Waals surface area contributed by atoms with Crippen LogP contribution in [0.5, 0.6) is 5.75 Å². The summed E-state index contributed by atoms with van der Waals surface area (Å²) in [4.78, 5) is 12.4. The highest BCUT2D eigenvalue weighted by Gasteiger charge is 2.12. The molecule has 2 N–H and O–H groups in total. The summed E-state index contributed by atoms with van der Waals surface area (Å²) in [5, 5.41) is 13.3. The summed E-state index contributed by atoms with van der Waals surface area (Å²) >= 11 is 7.98. The quantitative estimate of drug-likeness (QED) is 0.703. The van der Waals surface area contributed by atoms with E-state index in [0.29, 0.717) is 22.9 Å². The van der Waals surface area contributed by atoms with Crippen molar-refractivity contribution >= 4 is 29.3 Å². The van der Waals surface area contributed by atoms with Gasteiger partial charge in [-0.05, 0) is 59.7 Å². The molecule has 0 unspecified atom stereocenters. The molecule has 0 heterocycles. The summed E-state index contributed by atoms with van der Waals surface area (Å²) in [7, 11) is 1.63. The van der Waals surface area contributed by atoms with Crippen LogP contribution >= 0.6 is 23.4 Å². The van der Waals surface area contributed by atoms with Gasteiger partial charge < -0.3 is 10.4 Å². The fourth-order valence-electron chi connectivity index (χ4n) is 2.65. The number of rotatable bonds is 6. The van der Waals surface area contributed by atoms with Crippen molar-refractivity contribution in [2.45, 2.75) is 38.0 Å². The largest absolute Gasteiger partial charge is 0.508 e. The zero-order valence-corrected chi connectivity index (χ0v) is 16.6. The minimum absolute atomic E-state index is 0.00633. The molecular formula is C20H24ClNO2S. The average molecular weight is 378 g/mol.